The second-order valence-electron chi connectivity index (χ2n) is 8.70. The van der Waals surface area contributed by atoms with Crippen LogP contribution in [0.2, 0.25) is 0 Å². The fourth-order valence-electron chi connectivity index (χ4n) is 3.97. The van der Waals surface area contributed by atoms with Gasteiger partial charge in [-0.2, -0.15) is 0 Å². The van der Waals surface area contributed by atoms with Crippen LogP contribution < -0.4 is 4.74 Å². The van der Waals surface area contributed by atoms with Crippen molar-refractivity contribution in [2.24, 2.45) is 0 Å². The van der Waals surface area contributed by atoms with Gasteiger partial charge in [0.25, 0.3) is 0 Å². The molecule has 1 nitrogen and oxygen atoms in total. The van der Waals surface area contributed by atoms with E-state index < -0.39 is 29.0 Å². The van der Waals surface area contributed by atoms with E-state index in [2.05, 4.69) is 31.2 Å². The highest BCUT2D eigenvalue weighted by Gasteiger charge is 2.15. The van der Waals surface area contributed by atoms with Crippen molar-refractivity contribution in [3.63, 3.8) is 0 Å². The Morgan fingerprint density at radius 1 is 0.559 bits per heavy atom. The lowest BCUT2D eigenvalue weighted by Crippen LogP contribution is -2.04. The van der Waals surface area contributed by atoms with Crippen LogP contribution in [0.15, 0.2) is 48.5 Å². The summed E-state index contributed by atoms with van der Waals surface area (Å²) in [4.78, 5) is 0. The van der Waals surface area contributed by atoms with Gasteiger partial charge in [-0.3, -0.25) is 0 Å². The quantitative estimate of drug-likeness (QED) is 0.192. The lowest BCUT2D eigenvalue weighted by Gasteiger charge is -2.11. The summed E-state index contributed by atoms with van der Waals surface area (Å²) in [6, 6.07) is 13.4. The number of aryl methyl sites for hydroxylation is 4. The normalized spacial score (nSPS) is 11.1. The SMILES string of the molecule is CCCCOc1c(F)cc(CCc2c(F)cc(CCc3ccc(CCC)cc3)cc2F)cc1F. The third-order valence-corrected chi connectivity index (χ3v) is 5.93. The molecule has 0 N–H and O–H groups in total. The molecule has 3 rings (SSSR count). The van der Waals surface area contributed by atoms with Crippen molar-refractivity contribution >= 4 is 0 Å². The van der Waals surface area contributed by atoms with Crippen molar-refractivity contribution in [2.45, 2.75) is 65.2 Å². The first-order valence-corrected chi connectivity index (χ1v) is 12.1. The molecule has 0 spiro atoms. The molecule has 0 amide bonds. The molecule has 0 aromatic heterocycles. The molecule has 0 aliphatic rings. The number of unbranched alkanes of at least 4 members (excludes halogenated alkanes) is 1. The van der Waals surface area contributed by atoms with Gasteiger partial charge in [0.2, 0.25) is 0 Å². The monoisotopic (exact) mass is 472 g/mol. The van der Waals surface area contributed by atoms with E-state index in [9.17, 15) is 17.6 Å². The van der Waals surface area contributed by atoms with Gasteiger partial charge >= 0.3 is 0 Å². The Hall–Kier alpha value is -2.82. The summed E-state index contributed by atoms with van der Waals surface area (Å²) >= 11 is 0. The van der Waals surface area contributed by atoms with Crippen molar-refractivity contribution in [3.8, 4) is 5.75 Å². The van der Waals surface area contributed by atoms with Crippen molar-refractivity contribution < 1.29 is 22.3 Å². The van der Waals surface area contributed by atoms with Crippen LogP contribution in [-0.2, 0) is 32.1 Å². The minimum Gasteiger partial charge on any atom is -0.488 e. The summed E-state index contributed by atoms with van der Waals surface area (Å²) in [6.07, 6.45) is 5.00. The Bertz CT molecular complexity index is 1030. The number of rotatable bonds is 12. The maximum Gasteiger partial charge on any atom is 0.190 e. The average Bonchev–Trinajstić information content (AvgIpc) is 2.80. The second-order valence-corrected chi connectivity index (χ2v) is 8.70. The third kappa shape index (κ3) is 7.09. The minimum absolute atomic E-state index is 0.00571. The van der Waals surface area contributed by atoms with E-state index in [-0.39, 0.29) is 25.0 Å². The average molecular weight is 473 g/mol. The highest BCUT2D eigenvalue weighted by Crippen LogP contribution is 2.25. The smallest absolute Gasteiger partial charge is 0.190 e. The first-order chi connectivity index (χ1) is 16.4. The van der Waals surface area contributed by atoms with E-state index >= 15 is 0 Å². The maximum absolute atomic E-state index is 14.7. The van der Waals surface area contributed by atoms with Gasteiger partial charge in [0.1, 0.15) is 11.6 Å². The molecule has 34 heavy (non-hydrogen) atoms. The summed E-state index contributed by atoms with van der Waals surface area (Å²) in [7, 11) is 0. The molecule has 5 heteroatoms. The summed E-state index contributed by atoms with van der Waals surface area (Å²) < 4.78 is 63.0. The zero-order valence-electron chi connectivity index (χ0n) is 19.9. The molecule has 0 saturated heterocycles. The molecule has 0 aliphatic carbocycles. The summed E-state index contributed by atoms with van der Waals surface area (Å²) in [5.41, 5.74) is 3.24. The molecule has 0 unspecified atom stereocenters. The molecule has 0 aliphatic heterocycles. The molecule has 3 aromatic rings. The lowest BCUT2D eigenvalue weighted by atomic mass is 9.98. The van der Waals surface area contributed by atoms with Crippen molar-refractivity contribution in [1.82, 2.24) is 0 Å². The molecule has 182 valence electrons. The Kier molecular flexibility index (Phi) is 9.55. The van der Waals surface area contributed by atoms with Crippen LogP contribution in [0.4, 0.5) is 17.6 Å². The minimum atomic E-state index is -0.801. The Morgan fingerprint density at radius 2 is 1.03 bits per heavy atom. The molecule has 0 saturated carbocycles. The lowest BCUT2D eigenvalue weighted by molar-refractivity contribution is 0.278. The molecule has 3 aromatic carbocycles. The maximum atomic E-state index is 14.7. The first kappa shape index (κ1) is 25.8. The molecule has 0 atom stereocenters. The number of ether oxygens (including phenoxy) is 1. The van der Waals surface area contributed by atoms with Gasteiger partial charge in [-0.05, 0) is 85.0 Å². The molecule has 0 heterocycles. The van der Waals surface area contributed by atoms with Crippen LogP contribution in [0.5, 0.6) is 5.75 Å². The van der Waals surface area contributed by atoms with E-state index in [0.717, 1.165) is 24.8 Å². The summed E-state index contributed by atoms with van der Waals surface area (Å²) in [5, 5.41) is 0. The van der Waals surface area contributed by atoms with Gasteiger partial charge in [0, 0.05) is 5.56 Å². The van der Waals surface area contributed by atoms with E-state index in [1.54, 1.807) is 0 Å². The van der Waals surface area contributed by atoms with Crippen molar-refractivity contribution in [3.05, 3.63) is 99.6 Å². The van der Waals surface area contributed by atoms with E-state index in [1.807, 2.05) is 6.92 Å². The number of halogens is 4. The highest BCUT2D eigenvalue weighted by molar-refractivity contribution is 5.33. The van der Waals surface area contributed by atoms with E-state index in [0.29, 0.717) is 30.4 Å². The number of benzene rings is 3. The summed E-state index contributed by atoms with van der Waals surface area (Å²) in [5.74, 6) is -3.27. The Balaban J connectivity index is 1.61. The number of hydrogen-bond donors (Lipinski definition) is 0. The molecular weight excluding hydrogens is 440 g/mol. The van der Waals surface area contributed by atoms with E-state index in [4.69, 9.17) is 4.74 Å². The second kappa shape index (κ2) is 12.6. The van der Waals surface area contributed by atoms with Crippen LogP contribution >= 0.6 is 0 Å². The van der Waals surface area contributed by atoms with Crippen molar-refractivity contribution in [1.29, 1.82) is 0 Å². The fourth-order valence-corrected chi connectivity index (χ4v) is 3.97. The topological polar surface area (TPSA) is 9.23 Å². The van der Waals surface area contributed by atoms with Crippen molar-refractivity contribution in [2.75, 3.05) is 6.61 Å². The van der Waals surface area contributed by atoms with Crippen LogP contribution in [-0.4, -0.2) is 6.61 Å². The van der Waals surface area contributed by atoms with Gasteiger partial charge in [0.15, 0.2) is 17.4 Å². The van der Waals surface area contributed by atoms with Crippen LogP contribution in [0, 0.1) is 23.3 Å². The first-order valence-electron chi connectivity index (χ1n) is 12.1. The zero-order chi connectivity index (χ0) is 24.5. The Morgan fingerprint density at radius 3 is 1.56 bits per heavy atom. The number of hydrogen-bond acceptors (Lipinski definition) is 1. The van der Waals surface area contributed by atoms with Gasteiger partial charge < -0.3 is 4.74 Å². The molecular formula is C29H32F4O. The van der Waals surface area contributed by atoms with Crippen LogP contribution in [0.3, 0.4) is 0 Å². The molecule has 0 radical (unpaired) electrons. The van der Waals surface area contributed by atoms with Gasteiger partial charge in [-0.15, -0.1) is 0 Å². The Labute approximate surface area is 199 Å². The predicted octanol–water partition coefficient (Wildman–Crippen LogP) is 7.94. The van der Waals surface area contributed by atoms with Crippen LogP contribution in [0.1, 0.15) is 60.9 Å². The highest BCUT2D eigenvalue weighted by atomic mass is 19.1. The largest absolute Gasteiger partial charge is 0.488 e. The van der Waals surface area contributed by atoms with Gasteiger partial charge in [0.05, 0.1) is 6.61 Å². The third-order valence-electron chi connectivity index (χ3n) is 5.93. The van der Waals surface area contributed by atoms with Gasteiger partial charge in [-0.25, -0.2) is 17.6 Å². The zero-order valence-corrected chi connectivity index (χ0v) is 19.9. The van der Waals surface area contributed by atoms with E-state index in [1.165, 1.54) is 29.8 Å². The summed E-state index contributed by atoms with van der Waals surface area (Å²) in [6.45, 7) is 4.32. The predicted molar refractivity (Wildman–Crippen MR) is 128 cm³/mol. The standard InChI is InChI=1S/C29H32F4O/c1-3-5-15-34-29-27(32)18-23(19-28(29)33)13-14-24-25(30)16-22(17-26(24)31)12-11-21-9-7-20(6-4-2)8-10-21/h7-10,16-19H,3-6,11-15H2,1-2H3. The van der Waals surface area contributed by atoms with Crippen LogP contribution in [0.25, 0.3) is 0 Å². The molecule has 0 bridgehead atoms. The molecule has 0 fully saturated rings. The fraction of sp³-hybridized carbons (Fsp3) is 0.379. The van der Waals surface area contributed by atoms with Gasteiger partial charge in [-0.1, -0.05) is 51.0 Å².